The van der Waals surface area contributed by atoms with Gasteiger partial charge in [0.05, 0.1) is 17.1 Å². The molecule has 3 rings (SSSR count). The second-order valence-electron chi connectivity index (χ2n) is 6.24. The van der Waals surface area contributed by atoms with Crippen molar-refractivity contribution in [2.45, 2.75) is 24.1 Å². The van der Waals surface area contributed by atoms with Gasteiger partial charge >= 0.3 is 6.18 Å². The number of nitrogens with zero attached hydrogens (tertiary/aromatic N) is 1. The standard InChI is InChI=1S/C19H19F3N2O3S/c20-19(21,22)16-6-4-5-15(13-16)14-27-23-17-9-11-24(12-10-17)28(25,26)18-7-2-1-3-8-18/h1-9,13,23H,10-12,14H2. The molecule has 1 N–H and O–H groups in total. The minimum atomic E-state index is -4.40. The molecule has 1 aliphatic heterocycles. The van der Waals surface area contributed by atoms with Crippen molar-refractivity contribution in [2.24, 2.45) is 0 Å². The zero-order valence-corrected chi connectivity index (χ0v) is 15.6. The van der Waals surface area contributed by atoms with E-state index in [1.807, 2.05) is 0 Å². The lowest BCUT2D eigenvalue weighted by molar-refractivity contribution is -0.137. The number of hydrogen-bond donors (Lipinski definition) is 1. The number of hydroxylamine groups is 1. The van der Waals surface area contributed by atoms with Crippen LogP contribution >= 0.6 is 0 Å². The Bertz CT molecular complexity index is 944. The highest BCUT2D eigenvalue weighted by molar-refractivity contribution is 7.89. The lowest BCUT2D eigenvalue weighted by Crippen LogP contribution is -2.36. The topological polar surface area (TPSA) is 58.6 Å². The van der Waals surface area contributed by atoms with Crippen LogP contribution in [-0.4, -0.2) is 25.8 Å². The van der Waals surface area contributed by atoms with Crippen molar-refractivity contribution in [2.75, 3.05) is 13.1 Å². The first-order chi connectivity index (χ1) is 13.3. The van der Waals surface area contributed by atoms with Crippen molar-refractivity contribution in [1.82, 2.24) is 9.79 Å². The van der Waals surface area contributed by atoms with Crippen molar-refractivity contribution in [1.29, 1.82) is 0 Å². The van der Waals surface area contributed by atoms with Crippen molar-refractivity contribution in [3.63, 3.8) is 0 Å². The van der Waals surface area contributed by atoms with Gasteiger partial charge in [-0.15, -0.1) is 0 Å². The van der Waals surface area contributed by atoms with Crippen molar-refractivity contribution >= 4 is 10.0 Å². The summed E-state index contributed by atoms with van der Waals surface area (Å²) >= 11 is 0. The maximum absolute atomic E-state index is 12.7. The Morgan fingerprint density at radius 2 is 1.82 bits per heavy atom. The molecule has 5 nitrogen and oxygen atoms in total. The molecule has 0 aliphatic carbocycles. The first-order valence-electron chi connectivity index (χ1n) is 8.55. The Kier molecular flexibility index (Phi) is 6.07. The fraction of sp³-hybridized carbons (Fsp3) is 0.263. The number of alkyl halides is 3. The zero-order valence-electron chi connectivity index (χ0n) is 14.8. The van der Waals surface area contributed by atoms with Gasteiger partial charge in [-0.05, 0) is 35.9 Å². The van der Waals surface area contributed by atoms with Crippen LogP contribution in [0.15, 0.2) is 71.3 Å². The van der Waals surface area contributed by atoms with Gasteiger partial charge < -0.3 is 0 Å². The van der Waals surface area contributed by atoms with Gasteiger partial charge in [0.2, 0.25) is 10.0 Å². The minimum Gasteiger partial charge on any atom is -0.272 e. The van der Waals surface area contributed by atoms with Crippen LogP contribution in [0.5, 0.6) is 0 Å². The van der Waals surface area contributed by atoms with Crippen LogP contribution in [0.2, 0.25) is 0 Å². The number of rotatable bonds is 6. The lowest BCUT2D eigenvalue weighted by atomic mass is 10.1. The minimum absolute atomic E-state index is 0.0483. The maximum Gasteiger partial charge on any atom is 0.416 e. The second kappa shape index (κ2) is 8.34. The van der Waals surface area contributed by atoms with Crippen LogP contribution in [0, 0.1) is 0 Å². The van der Waals surface area contributed by atoms with E-state index in [0.29, 0.717) is 17.7 Å². The molecule has 1 aliphatic rings. The second-order valence-corrected chi connectivity index (χ2v) is 8.18. The Morgan fingerprint density at radius 1 is 1.07 bits per heavy atom. The van der Waals surface area contributed by atoms with E-state index in [4.69, 9.17) is 4.84 Å². The van der Waals surface area contributed by atoms with Gasteiger partial charge in [-0.3, -0.25) is 10.3 Å². The molecule has 0 aromatic heterocycles. The lowest BCUT2D eigenvalue weighted by Gasteiger charge is -2.26. The van der Waals surface area contributed by atoms with Crippen LogP contribution in [-0.2, 0) is 27.6 Å². The first-order valence-corrected chi connectivity index (χ1v) is 9.99. The predicted molar refractivity (Wildman–Crippen MR) is 97.3 cm³/mol. The molecular weight excluding hydrogens is 393 g/mol. The summed E-state index contributed by atoms with van der Waals surface area (Å²) in [6.45, 7) is 0.419. The third-order valence-electron chi connectivity index (χ3n) is 4.25. The molecule has 0 saturated carbocycles. The molecule has 0 bridgehead atoms. The average molecular weight is 412 g/mol. The summed E-state index contributed by atoms with van der Waals surface area (Å²) in [6, 6.07) is 13.1. The zero-order chi connectivity index (χ0) is 20.2. The van der Waals surface area contributed by atoms with Crippen LogP contribution in [0.4, 0.5) is 13.2 Å². The molecule has 9 heteroatoms. The molecule has 0 atom stereocenters. The van der Waals surface area contributed by atoms with Gasteiger partial charge in [-0.2, -0.15) is 17.5 Å². The van der Waals surface area contributed by atoms with E-state index >= 15 is 0 Å². The van der Waals surface area contributed by atoms with Crippen LogP contribution < -0.4 is 5.48 Å². The molecule has 0 unspecified atom stereocenters. The van der Waals surface area contributed by atoms with Crippen LogP contribution in [0.25, 0.3) is 0 Å². The molecule has 0 saturated heterocycles. The van der Waals surface area contributed by atoms with E-state index in [9.17, 15) is 21.6 Å². The number of hydrogen-bond acceptors (Lipinski definition) is 4. The molecule has 2 aromatic rings. The molecule has 2 aromatic carbocycles. The molecular formula is C19H19F3N2O3S. The monoisotopic (exact) mass is 412 g/mol. The van der Waals surface area contributed by atoms with Gasteiger partial charge in [-0.25, -0.2) is 8.42 Å². The van der Waals surface area contributed by atoms with Gasteiger partial charge in [0.25, 0.3) is 0 Å². The summed E-state index contributed by atoms with van der Waals surface area (Å²) in [4.78, 5) is 5.52. The first kappa shape index (κ1) is 20.4. The van der Waals surface area contributed by atoms with Gasteiger partial charge in [0.15, 0.2) is 0 Å². The van der Waals surface area contributed by atoms with Crippen molar-refractivity contribution < 1.29 is 26.4 Å². The largest absolute Gasteiger partial charge is 0.416 e. The molecule has 0 radical (unpaired) electrons. The molecule has 0 fully saturated rings. The van der Waals surface area contributed by atoms with Gasteiger partial charge in [0, 0.05) is 25.2 Å². The third-order valence-corrected chi connectivity index (χ3v) is 6.13. The van der Waals surface area contributed by atoms with E-state index in [1.54, 1.807) is 42.5 Å². The average Bonchev–Trinajstić information content (AvgIpc) is 2.69. The van der Waals surface area contributed by atoms with Crippen molar-refractivity contribution in [3.05, 3.63) is 77.5 Å². The van der Waals surface area contributed by atoms with Crippen LogP contribution in [0.3, 0.4) is 0 Å². The highest BCUT2D eigenvalue weighted by atomic mass is 32.2. The number of benzene rings is 2. The number of sulfonamides is 1. The Balaban J connectivity index is 1.54. The summed E-state index contributed by atoms with van der Waals surface area (Å²) in [5.74, 6) is 0. The summed E-state index contributed by atoms with van der Waals surface area (Å²) in [7, 11) is -3.55. The van der Waals surface area contributed by atoms with Crippen LogP contribution in [0.1, 0.15) is 17.5 Å². The fourth-order valence-corrected chi connectivity index (χ4v) is 4.15. The predicted octanol–water partition coefficient (Wildman–Crippen LogP) is 3.71. The Labute approximate surface area is 161 Å². The molecule has 0 amide bonds. The van der Waals surface area contributed by atoms with Crippen molar-refractivity contribution in [3.8, 4) is 0 Å². The van der Waals surface area contributed by atoms with E-state index in [1.165, 1.54) is 10.4 Å². The molecule has 0 spiro atoms. The van der Waals surface area contributed by atoms with Gasteiger partial charge in [-0.1, -0.05) is 30.3 Å². The van der Waals surface area contributed by atoms with E-state index in [-0.39, 0.29) is 24.6 Å². The normalized spacial score (nSPS) is 15.9. The third kappa shape index (κ3) is 4.92. The molecule has 1 heterocycles. The maximum atomic E-state index is 12.7. The smallest absolute Gasteiger partial charge is 0.272 e. The van der Waals surface area contributed by atoms with E-state index in [2.05, 4.69) is 5.48 Å². The summed E-state index contributed by atoms with van der Waals surface area (Å²) < 4.78 is 64.6. The summed E-state index contributed by atoms with van der Waals surface area (Å²) in [5.41, 5.74) is 3.04. The number of halogens is 3. The van der Waals surface area contributed by atoms with E-state index < -0.39 is 21.8 Å². The highest BCUT2D eigenvalue weighted by Crippen LogP contribution is 2.29. The SMILES string of the molecule is O=S(=O)(c1ccccc1)N1CC=C(NOCc2cccc(C(F)(F)F)c2)CC1. The summed E-state index contributed by atoms with van der Waals surface area (Å²) in [6.07, 6.45) is -2.30. The van der Waals surface area contributed by atoms with E-state index in [0.717, 1.165) is 12.1 Å². The summed E-state index contributed by atoms with van der Waals surface area (Å²) in [5, 5.41) is 0. The highest BCUT2D eigenvalue weighted by Gasteiger charge is 2.30. The molecule has 150 valence electrons. The number of nitrogens with one attached hydrogen (secondary N) is 1. The van der Waals surface area contributed by atoms with Gasteiger partial charge in [0.1, 0.15) is 0 Å². The Hall–Kier alpha value is -2.36. The fourth-order valence-electron chi connectivity index (χ4n) is 2.75. The Morgan fingerprint density at radius 3 is 2.46 bits per heavy atom. The molecule has 28 heavy (non-hydrogen) atoms. The quantitative estimate of drug-likeness (QED) is 0.735.